The van der Waals surface area contributed by atoms with Crippen molar-refractivity contribution in [2.24, 2.45) is 5.92 Å². The Morgan fingerprint density at radius 3 is 2.80 bits per heavy atom. The molecule has 0 aliphatic carbocycles. The maximum absolute atomic E-state index is 12.2. The first-order chi connectivity index (χ1) is 9.83. The number of benzene rings is 1. The molecule has 20 heavy (non-hydrogen) atoms. The Bertz CT molecular complexity index is 472. The van der Waals surface area contributed by atoms with Gasteiger partial charge in [0.15, 0.2) is 0 Å². The van der Waals surface area contributed by atoms with Gasteiger partial charge in [0.25, 0.3) is 0 Å². The zero-order chi connectivity index (χ0) is 13.8. The summed E-state index contributed by atoms with van der Waals surface area (Å²) >= 11 is 0. The van der Waals surface area contributed by atoms with Gasteiger partial charge in [0, 0.05) is 26.3 Å². The molecular formula is C15H21N3O2. The molecule has 0 saturated carbocycles. The monoisotopic (exact) mass is 275 g/mol. The number of ether oxygens (including phenoxy) is 1. The average molecular weight is 275 g/mol. The number of carbonyl (C=O) groups excluding carboxylic acids is 1. The zero-order valence-corrected chi connectivity index (χ0v) is 11.5. The Balaban J connectivity index is 1.51. The molecule has 3 rings (SSSR count). The van der Waals surface area contributed by atoms with Crippen molar-refractivity contribution >= 4 is 17.3 Å². The SMILES string of the molecule is O=C(NCC1CCOCC1)C1CNc2ccccc2N1. The number of amides is 1. The third-order valence-corrected chi connectivity index (χ3v) is 3.98. The Hall–Kier alpha value is -1.75. The van der Waals surface area contributed by atoms with E-state index in [9.17, 15) is 4.79 Å². The number of rotatable bonds is 3. The number of para-hydroxylation sites is 2. The maximum Gasteiger partial charge on any atom is 0.244 e. The van der Waals surface area contributed by atoms with Crippen molar-refractivity contribution in [3.8, 4) is 0 Å². The van der Waals surface area contributed by atoms with Crippen LogP contribution in [0.25, 0.3) is 0 Å². The molecule has 1 unspecified atom stereocenters. The number of carbonyl (C=O) groups is 1. The minimum absolute atomic E-state index is 0.0681. The first kappa shape index (κ1) is 13.2. The summed E-state index contributed by atoms with van der Waals surface area (Å²) in [5.74, 6) is 0.620. The van der Waals surface area contributed by atoms with Crippen molar-refractivity contribution in [2.45, 2.75) is 18.9 Å². The highest BCUT2D eigenvalue weighted by molar-refractivity contribution is 5.88. The molecule has 1 aromatic rings. The van der Waals surface area contributed by atoms with Crippen LogP contribution in [-0.4, -0.2) is 38.3 Å². The predicted molar refractivity (Wildman–Crippen MR) is 78.9 cm³/mol. The van der Waals surface area contributed by atoms with E-state index in [1.54, 1.807) is 0 Å². The smallest absolute Gasteiger partial charge is 0.244 e. The summed E-state index contributed by atoms with van der Waals surface area (Å²) in [5, 5.41) is 9.63. The Morgan fingerprint density at radius 1 is 1.25 bits per heavy atom. The molecule has 0 spiro atoms. The van der Waals surface area contributed by atoms with E-state index in [0.29, 0.717) is 12.5 Å². The lowest BCUT2D eigenvalue weighted by Gasteiger charge is -2.28. The van der Waals surface area contributed by atoms with Crippen LogP contribution in [-0.2, 0) is 9.53 Å². The van der Waals surface area contributed by atoms with Gasteiger partial charge in [-0.05, 0) is 30.9 Å². The van der Waals surface area contributed by atoms with Gasteiger partial charge in [0.1, 0.15) is 6.04 Å². The van der Waals surface area contributed by atoms with Crippen LogP contribution >= 0.6 is 0 Å². The summed E-state index contributed by atoms with van der Waals surface area (Å²) in [6, 6.07) is 7.75. The molecule has 0 aromatic heterocycles. The van der Waals surface area contributed by atoms with E-state index in [4.69, 9.17) is 4.74 Å². The Kier molecular flexibility index (Phi) is 4.06. The molecule has 5 nitrogen and oxygen atoms in total. The normalized spacial score (nSPS) is 22.3. The lowest BCUT2D eigenvalue weighted by molar-refractivity contribution is -0.121. The molecule has 1 amide bonds. The van der Waals surface area contributed by atoms with E-state index in [2.05, 4.69) is 16.0 Å². The van der Waals surface area contributed by atoms with Crippen LogP contribution in [0.1, 0.15) is 12.8 Å². The number of fused-ring (bicyclic) bond motifs is 1. The Labute approximate surface area is 119 Å². The lowest BCUT2D eigenvalue weighted by Crippen LogP contribution is -2.47. The van der Waals surface area contributed by atoms with Gasteiger partial charge in [-0.3, -0.25) is 4.79 Å². The molecule has 5 heteroatoms. The van der Waals surface area contributed by atoms with Crippen LogP contribution in [0.5, 0.6) is 0 Å². The molecule has 2 aliphatic rings. The summed E-state index contributed by atoms with van der Waals surface area (Å²) in [5.41, 5.74) is 2.05. The highest BCUT2D eigenvalue weighted by atomic mass is 16.5. The summed E-state index contributed by atoms with van der Waals surface area (Å²) in [6.07, 6.45) is 2.08. The number of hydrogen-bond acceptors (Lipinski definition) is 4. The second-order valence-corrected chi connectivity index (χ2v) is 5.42. The van der Waals surface area contributed by atoms with Crippen molar-refractivity contribution in [2.75, 3.05) is 36.9 Å². The fraction of sp³-hybridized carbons (Fsp3) is 0.533. The minimum atomic E-state index is -0.204. The van der Waals surface area contributed by atoms with E-state index in [1.165, 1.54) is 0 Å². The quantitative estimate of drug-likeness (QED) is 0.781. The number of nitrogens with one attached hydrogen (secondary N) is 3. The molecular weight excluding hydrogens is 254 g/mol. The van der Waals surface area contributed by atoms with Crippen molar-refractivity contribution in [3.63, 3.8) is 0 Å². The van der Waals surface area contributed by atoms with Crippen molar-refractivity contribution in [1.29, 1.82) is 0 Å². The standard InChI is InChI=1S/C15H21N3O2/c19-15(17-9-11-5-7-20-8-6-11)14-10-16-12-3-1-2-4-13(12)18-14/h1-4,11,14,16,18H,5-10H2,(H,17,19). The molecule has 2 aliphatic heterocycles. The van der Waals surface area contributed by atoms with E-state index in [-0.39, 0.29) is 11.9 Å². The van der Waals surface area contributed by atoms with Gasteiger partial charge in [-0.2, -0.15) is 0 Å². The van der Waals surface area contributed by atoms with E-state index < -0.39 is 0 Å². The highest BCUT2D eigenvalue weighted by Crippen LogP contribution is 2.25. The molecule has 1 saturated heterocycles. The highest BCUT2D eigenvalue weighted by Gasteiger charge is 2.24. The Morgan fingerprint density at radius 2 is 2.00 bits per heavy atom. The fourth-order valence-electron chi connectivity index (χ4n) is 2.69. The van der Waals surface area contributed by atoms with E-state index in [1.807, 2.05) is 24.3 Å². The minimum Gasteiger partial charge on any atom is -0.381 e. The first-order valence-corrected chi connectivity index (χ1v) is 7.28. The average Bonchev–Trinajstić information content (AvgIpc) is 2.53. The molecule has 1 aromatic carbocycles. The number of hydrogen-bond donors (Lipinski definition) is 3. The van der Waals surface area contributed by atoms with Crippen LogP contribution < -0.4 is 16.0 Å². The molecule has 2 heterocycles. The second kappa shape index (κ2) is 6.13. The van der Waals surface area contributed by atoms with Gasteiger partial charge in [-0.15, -0.1) is 0 Å². The largest absolute Gasteiger partial charge is 0.381 e. The molecule has 108 valence electrons. The van der Waals surface area contributed by atoms with Crippen LogP contribution in [0.3, 0.4) is 0 Å². The van der Waals surface area contributed by atoms with E-state index >= 15 is 0 Å². The molecule has 3 N–H and O–H groups in total. The molecule has 0 radical (unpaired) electrons. The van der Waals surface area contributed by atoms with Crippen molar-refractivity contribution in [1.82, 2.24) is 5.32 Å². The maximum atomic E-state index is 12.2. The van der Waals surface area contributed by atoms with Gasteiger partial charge < -0.3 is 20.7 Å². The van der Waals surface area contributed by atoms with Gasteiger partial charge in [-0.1, -0.05) is 12.1 Å². The van der Waals surface area contributed by atoms with Gasteiger partial charge in [0.2, 0.25) is 5.91 Å². The third kappa shape index (κ3) is 3.04. The van der Waals surface area contributed by atoms with Gasteiger partial charge >= 0.3 is 0 Å². The zero-order valence-electron chi connectivity index (χ0n) is 11.5. The van der Waals surface area contributed by atoms with Gasteiger partial charge in [0.05, 0.1) is 11.4 Å². The summed E-state index contributed by atoms with van der Waals surface area (Å²) < 4.78 is 5.33. The summed E-state index contributed by atoms with van der Waals surface area (Å²) in [7, 11) is 0. The third-order valence-electron chi connectivity index (χ3n) is 3.98. The topological polar surface area (TPSA) is 62.4 Å². The molecule has 0 bridgehead atoms. The lowest BCUT2D eigenvalue weighted by atomic mass is 10.0. The molecule has 1 atom stereocenters. The fourth-order valence-corrected chi connectivity index (χ4v) is 2.69. The van der Waals surface area contributed by atoms with Gasteiger partial charge in [-0.25, -0.2) is 0 Å². The first-order valence-electron chi connectivity index (χ1n) is 7.28. The van der Waals surface area contributed by atoms with Crippen LogP contribution in [0.2, 0.25) is 0 Å². The van der Waals surface area contributed by atoms with Crippen LogP contribution in [0.15, 0.2) is 24.3 Å². The van der Waals surface area contributed by atoms with Crippen LogP contribution in [0, 0.1) is 5.92 Å². The predicted octanol–water partition coefficient (Wildman–Crippen LogP) is 1.44. The van der Waals surface area contributed by atoms with E-state index in [0.717, 1.165) is 44.0 Å². The van der Waals surface area contributed by atoms with Crippen molar-refractivity contribution < 1.29 is 9.53 Å². The second-order valence-electron chi connectivity index (χ2n) is 5.42. The summed E-state index contributed by atoms with van der Waals surface area (Å²) in [4.78, 5) is 12.2. The summed E-state index contributed by atoms with van der Waals surface area (Å²) in [6.45, 7) is 3.01. The number of anilines is 2. The van der Waals surface area contributed by atoms with Crippen molar-refractivity contribution in [3.05, 3.63) is 24.3 Å². The van der Waals surface area contributed by atoms with Crippen LogP contribution in [0.4, 0.5) is 11.4 Å². The molecule has 1 fully saturated rings.